The SMILES string of the molecule is C=CC(=O)N1CCC2(CCCN2c2cccc(C(F)(F)F)c2)C1. The Kier molecular flexibility index (Phi) is 3.86. The minimum absolute atomic E-state index is 0.113. The van der Waals surface area contributed by atoms with Gasteiger partial charge in [-0.2, -0.15) is 13.2 Å². The molecule has 3 rings (SSSR count). The van der Waals surface area contributed by atoms with E-state index in [2.05, 4.69) is 11.5 Å². The number of alkyl halides is 3. The van der Waals surface area contributed by atoms with Gasteiger partial charge in [-0.15, -0.1) is 0 Å². The molecular weight excluding hydrogens is 305 g/mol. The zero-order valence-corrected chi connectivity index (χ0v) is 12.8. The maximum absolute atomic E-state index is 13.0. The van der Waals surface area contributed by atoms with Crippen LogP contribution in [0.1, 0.15) is 24.8 Å². The van der Waals surface area contributed by atoms with E-state index in [0.717, 1.165) is 31.9 Å². The number of hydrogen-bond acceptors (Lipinski definition) is 2. The third-order valence-electron chi connectivity index (χ3n) is 4.90. The maximum Gasteiger partial charge on any atom is 0.416 e. The Hall–Kier alpha value is -1.98. The first kappa shape index (κ1) is 15.9. The first-order valence-electron chi connectivity index (χ1n) is 7.72. The van der Waals surface area contributed by atoms with Gasteiger partial charge in [0.1, 0.15) is 0 Å². The molecule has 124 valence electrons. The van der Waals surface area contributed by atoms with Gasteiger partial charge in [0, 0.05) is 25.3 Å². The fourth-order valence-electron chi connectivity index (χ4n) is 3.79. The smallest absolute Gasteiger partial charge is 0.364 e. The summed E-state index contributed by atoms with van der Waals surface area (Å²) in [4.78, 5) is 15.6. The number of benzene rings is 1. The van der Waals surface area contributed by atoms with E-state index in [4.69, 9.17) is 0 Å². The van der Waals surface area contributed by atoms with Gasteiger partial charge in [-0.1, -0.05) is 12.6 Å². The summed E-state index contributed by atoms with van der Waals surface area (Å²) in [5.74, 6) is -0.113. The molecule has 0 bridgehead atoms. The van der Waals surface area contributed by atoms with Crippen molar-refractivity contribution in [2.45, 2.75) is 31.0 Å². The molecule has 1 atom stereocenters. The molecule has 2 aliphatic heterocycles. The molecule has 23 heavy (non-hydrogen) atoms. The van der Waals surface area contributed by atoms with E-state index in [9.17, 15) is 18.0 Å². The summed E-state index contributed by atoms with van der Waals surface area (Å²) in [6.07, 6.45) is -0.453. The van der Waals surface area contributed by atoms with Gasteiger partial charge in [0.2, 0.25) is 5.91 Å². The second-order valence-corrected chi connectivity index (χ2v) is 6.24. The maximum atomic E-state index is 13.0. The molecule has 1 aromatic carbocycles. The van der Waals surface area contributed by atoms with Crippen molar-refractivity contribution >= 4 is 11.6 Å². The molecule has 1 aromatic rings. The standard InChI is InChI=1S/C17H19F3N2O/c1-2-15(23)21-10-8-16(12-21)7-4-9-22(16)14-6-3-5-13(11-14)17(18,19)20/h2-3,5-6,11H,1,4,7-10,12H2. The second kappa shape index (κ2) is 5.58. The zero-order valence-electron chi connectivity index (χ0n) is 12.8. The third-order valence-corrected chi connectivity index (χ3v) is 4.90. The van der Waals surface area contributed by atoms with Crippen molar-refractivity contribution in [1.82, 2.24) is 4.90 Å². The van der Waals surface area contributed by atoms with Gasteiger partial charge in [0.15, 0.2) is 0 Å². The van der Waals surface area contributed by atoms with E-state index < -0.39 is 11.7 Å². The van der Waals surface area contributed by atoms with Crippen LogP contribution in [0.4, 0.5) is 18.9 Å². The summed E-state index contributed by atoms with van der Waals surface area (Å²) >= 11 is 0. The second-order valence-electron chi connectivity index (χ2n) is 6.24. The molecule has 1 amide bonds. The van der Waals surface area contributed by atoms with Crippen molar-refractivity contribution in [2.24, 2.45) is 0 Å². The number of halogens is 3. The van der Waals surface area contributed by atoms with Gasteiger partial charge >= 0.3 is 6.18 Å². The zero-order chi connectivity index (χ0) is 16.7. The Morgan fingerprint density at radius 3 is 2.74 bits per heavy atom. The highest BCUT2D eigenvalue weighted by Gasteiger charge is 2.47. The predicted octanol–water partition coefficient (Wildman–Crippen LogP) is 3.46. The Balaban J connectivity index is 1.88. The van der Waals surface area contributed by atoms with Crippen LogP contribution in [0.3, 0.4) is 0 Å². The average molecular weight is 324 g/mol. The van der Waals surface area contributed by atoms with Crippen LogP contribution in [0, 0.1) is 0 Å². The van der Waals surface area contributed by atoms with Crippen LogP contribution in [0.25, 0.3) is 0 Å². The number of amides is 1. The highest BCUT2D eigenvalue weighted by Crippen LogP contribution is 2.42. The molecule has 0 aliphatic carbocycles. The predicted molar refractivity (Wildman–Crippen MR) is 82.1 cm³/mol. The van der Waals surface area contributed by atoms with Crippen LogP contribution in [0.2, 0.25) is 0 Å². The lowest BCUT2D eigenvalue weighted by atomic mass is 9.94. The molecule has 2 heterocycles. The summed E-state index contributed by atoms with van der Waals surface area (Å²) in [5.41, 5.74) is -0.289. The van der Waals surface area contributed by atoms with Gasteiger partial charge in [-0.3, -0.25) is 4.79 Å². The summed E-state index contributed by atoms with van der Waals surface area (Å²) < 4.78 is 38.9. The lowest BCUT2D eigenvalue weighted by Gasteiger charge is -2.37. The molecule has 2 aliphatic rings. The van der Waals surface area contributed by atoms with E-state index in [-0.39, 0.29) is 11.4 Å². The third kappa shape index (κ3) is 2.82. The van der Waals surface area contributed by atoms with Crippen LogP contribution < -0.4 is 4.90 Å². The van der Waals surface area contributed by atoms with Crippen molar-refractivity contribution < 1.29 is 18.0 Å². The fraction of sp³-hybridized carbons (Fsp3) is 0.471. The van der Waals surface area contributed by atoms with E-state index in [1.54, 1.807) is 11.0 Å². The van der Waals surface area contributed by atoms with Gasteiger partial charge in [-0.05, 0) is 43.5 Å². The van der Waals surface area contributed by atoms with Gasteiger partial charge in [0.05, 0.1) is 11.1 Å². The Labute approximate surface area is 133 Å². The molecule has 2 saturated heterocycles. The average Bonchev–Trinajstić information content (AvgIpc) is 3.14. The quantitative estimate of drug-likeness (QED) is 0.778. The van der Waals surface area contributed by atoms with Gasteiger partial charge < -0.3 is 9.80 Å². The van der Waals surface area contributed by atoms with Crippen LogP contribution in [-0.4, -0.2) is 36.0 Å². The number of carbonyl (C=O) groups excluding carboxylic acids is 1. The summed E-state index contributed by atoms with van der Waals surface area (Å²) in [6.45, 7) is 5.40. The number of anilines is 1. The number of rotatable bonds is 2. The van der Waals surface area contributed by atoms with Crippen LogP contribution in [0.5, 0.6) is 0 Å². The van der Waals surface area contributed by atoms with E-state index in [1.807, 2.05) is 0 Å². The van der Waals surface area contributed by atoms with Crippen molar-refractivity contribution in [3.05, 3.63) is 42.5 Å². The summed E-state index contributed by atoms with van der Waals surface area (Å²) in [6, 6.07) is 5.48. The molecule has 6 heteroatoms. The molecule has 0 radical (unpaired) electrons. The molecular formula is C17H19F3N2O. The van der Waals surface area contributed by atoms with E-state index >= 15 is 0 Å². The van der Waals surface area contributed by atoms with Crippen LogP contribution >= 0.6 is 0 Å². The Morgan fingerprint density at radius 2 is 2.04 bits per heavy atom. The van der Waals surface area contributed by atoms with Crippen molar-refractivity contribution in [3.8, 4) is 0 Å². The topological polar surface area (TPSA) is 23.6 Å². The Morgan fingerprint density at radius 1 is 1.26 bits per heavy atom. The number of likely N-dealkylation sites (tertiary alicyclic amines) is 1. The first-order chi connectivity index (χ1) is 10.9. The van der Waals surface area contributed by atoms with Gasteiger partial charge in [-0.25, -0.2) is 0 Å². The summed E-state index contributed by atoms with van der Waals surface area (Å²) in [7, 11) is 0. The lowest BCUT2D eigenvalue weighted by molar-refractivity contribution is -0.137. The number of hydrogen-bond donors (Lipinski definition) is 0. The first-order valence-corrected chi connectivity index (χ1v) is 7.72. The van der Waals surface area contributed by atoms with Crippen LogP contribution in [0.15, 0.2) is 36.9 Å². The van der Waals surface area contributed by atoms with E-state index in [1.165, 1.54) is 18.2 Å². The molecule has 0 aromatic heterocycles. The monoisotopic (exact) mass is 324 g/mol. The molecule has 3 nitrogen and oxygen atoms in total. The van der Waals surface area contributed by atoms with Gasteiger partial charge in [0.25, 0.3) is 0 Å². The van der Waals surface area contributed by atoms with Crippen molar-refractivity contribution in [3.63, 3.8) is 0 Å². The van der Waals surface area contributed by atoms with Crippen LogP contribution in [-0.2, 0) is 11.0 Å². The largest absolute Gasteiger partial charge is 0.416 e. The number of nitrogens with zero attached hydrogens (tertiary/aromatic N) is 2. The van der Waals surface area contributed by atoms with Crippen molar-refractivity contribution in [1.29, 1.82) is 0 Å². The molecule has 0 N–H and O–H groups in total. The molecule has 1 spiro atoms. The lowest BCUT2D eigenvalue weighted by Crippen LogP contribution is -2.47. The van der Waals surface area contributed by atoms with Crippen molar-refractivity contribution in [2.75, 3.05) is 24.5 Å². The molecule has 1 unspecified atom stereocenters. The highest BCUT2D eigenvalue weighted by molar-refractivity contribution is 5.87. The number of carbonyl (C=O) groups is 1. The normalized spacial score (nSPS) is 24.5. The van der Waals surface area contributed by atoms with E-state index in [0.29, 0.717) is 18.8 Å². The Bertz CT molecular complexity index is 629. The fourth-order valence-corrected chi connectivity index (χ4v) is 3.79. The summed E-state index contributed by atoms with van der Waals surface area (Å²) in [5, 5.41) is 0. The highest BCUT2D eigenvalue weighted by atomic mass is 19.4. The molecule has 2 fully saturated rings. The minimum Gasteiger partial charge on any atom is -0.364 e. The minimum atomic E-state index is -4.34. The molecule has 0 saturated carbocycles.